The van der Waals surface area contributed by atoms with Gasteiger partial charge in [0.15, 0.2) is 0 Å². The molecular weight excluding hydrogens is 210 g/mol. The van der Waals surface area contributed by atoms with Crippen molar-refractivity contribution in [3.63, 3.8) is 0 Å². The second-order valence-electron chi connectivity index (χ2n) is 6.10. The largest absolute Gasteiger partial charge is 0.296 e. The van der Waals surface area contributed by atoms with E-state index < -0.39 is 0 Å². The summed E-state index contributed by atoms with van der Waals surface area (Å²) in [4.78, 5) is 5.08. The molecular formula is C14H23N3. The molecule has 94 valence electrons. The van der Waals surface area contributed by atoms with Crippen LogP contribution in [0, 0.1) is 11.3 Å². The van der Waals surface area contributed by atoms with Gasteiger partial charge in [-0.05, 0) is 33.6 Å². The van der Waals surface area contributed by atoms with Crippen molar-refractivity contribution in [3.8, 4) is 6.07 Å². The van der Waals surface area contributed by atoms with E-state index in [1.807, 2.05) is 0 Å². The highest BCUT2D eigenvalue weighted by molar-refractivity contribution is 5.27. The van der Waals surface area contributed by atoms with Gasteiger partial charge in [0.05, 0.1) is 6.07 Å². The van der Waals surface area contributed by atoms with Crippen molar-refractivity contribution in [3.05, 3.63) is 11.6 Å². The van der Waals surface area contributed by atoms with Gasteiger partial charge in [0.25, 0.3) is 0 Å². The minimum atomic E-state index is 0.287. The third-order valence-electron chi connectivity index (χ3n) is 3.98. The van der Waals surface area contributed by atoms with Gasteiger partial charge in [0.1, 0.15) is 0 Å². The Balaban J connectivity index is 1.88. The molecule has 1 atom stereocenters. The van der Waals surface area contributed by atoms with Gasteiger partial charge in [0.2, 0.25) is 0 Å². The van der Waals surface area contributed by atoms with Gasteiger partial charge in [-0.25, -0.2) is 0 Å². The van der Waals surface area contributed by atoms with Crippen LogP contribution in [0.25, 0.3) is 0 Å². The molecule has 3 heteroatoms. The molecule has 0 saturated carbocycles. The van der Waals surface area contributed by atoms with Crippen molar-refractivity contribution < 1.29 is 0 Å². The second kappa shape index (κ2) is 4.80. The average Bonchev–Trinajstić information content (AvgIpc) is 2.76. The molecule has 1 aliphatic heterocycles. The lowest BCUT2D eigenvalue weighted by Gasteiger charge is -2.43. The number of rotatable bonds is 1. The van der Waals surface area contributed by atoms with Gasteiger partial charge in [-0.15, -0.1) is 0 Å². The Bertz CT molecular complexity index is 337. The van der Waals surface area contributed by atoms with Crippen molar-refractivity contribution in [2.75, 3.05) is 26.2 Å². The van der Waals surface area contributed by atoms with E-state index in [0.29, 0.717) is 6.04 Å². The van der Waals surface area contributed by atoms with Gasteiger partial charge >= 0.3 is 0 Å². The van der Waals surface area contributed by atoms with Crippen LogP contribution < -0.4 is 0 Å². The quantitative estimate of drug-likeness (QED) is 0.694. The molecule has 17 heavy (non-hydrogen) atoms. The zero-order valence-electron chi connectivity index (χ0n) is 11.2. The first kappa shape index (κ1) is 12.6. The van der Waals surface area contributed by atoms with Crippen molar-refractivity contribution in [2.24, 2.45) is 0 Å². The van der Waals surface area contributed by atoms with Crippen LogP contribution in [0.4, 0.5) is 0 Å². The Hall–Kier alpha value is -0.850. The maximum absolute atomic E-state index is 8.89. The Labute approximate surface area is 105 Å². The minimum absolute atomic E-state index is 0.287. The summed E-state index contributed by atoms with van der Waals surface area (Å²) in [5.74, 6) is 0. The van der Waals surface area contributed by atoms with E-state index in [1.54, 1.807) is 0 Å². The predicted molar refractivity (Wildman–Crippen MR) is 69.6 cm³/mol. The molecule has 0 unspecified atom stereocenters. The molecule has 0 aromatic carbocycles. The highest BCUT2D eigenvalue weighted by atomic mass is 15.3. The summed E-state index contributed by atoms with van der Waals surface area (Å²) in [6, 6.07) is 2.81. The van der Waals surface area contributed by atoms with Crippen LogP contribution in [0.3, 0.4) is 0 Å². The molecule has 0 amide bonds. The number of allylic oxidation sites excluding steroid dienone is 1. The van der Waals surface area contributed by atoms with Crippen LogP contribution in [-0.2, 0) is 0 Å². The summed E-state index contributed by atoms with van der Waals surface area (Å²) in [5.41, 5.74) is 1.27. The summed E-state index contributed by atoms with van der Waals surface area (Å²) in [6.45, 7) is 11.4. The highest BCUT2D eigenvalue weighted by Gasteiger charge is 2.29. The van der Waals surface area contributed by atoms with Gasteiger partial charge < -0.3 is 0 Å². The first-order chi connectivity index (χ1) is 8.00. The van der Waals surface area contributed by atoms with Crippen LogP contribution in [0.1, 0.15) is 33.6 Å². The predicted octanol–water partition coefficient (Wildman–Crippen LogP) is 2.01. The van der Waals surface area contributed by atoms with E-state index in [1.165, 1.54) is 0 Å². The van der Waals surface area contributed by atoms with Crippen molar-refractivity contribution >= 4 is 0 Å². The summed E-state index contributed by atoms with van der Waals surface area (Å²) < 4.78 is 0. The average molecular weight is 233 g/mol. The molecule has 1 heterocycles. The highest BCUT2D eigenvalue weighted by Crippen LogP contribution is 2.24. The van der Waals surface area contributed by atoms with Crippen LogP contribution in [0.15, 0.2) is 11.6 Å². The molecule has 2 rings (SSSR count). The van der Waals surface area contributed by atoms with Gasteiger partial charge in [0, 0.05) is 43.3 Å². The first-order valence-electron chi connectivity index (χ1n) is 6.60. The molecule has 0 spiro atoms. The summed E-state index contributed by atoms with van der Waals surface area (Å²) >= 11 is 0. The first-order valence-corrected chi connectivity index (χ1v) is 6.60. The molecule has 0 bridgehead atoms. The lowest BCUT2D eigenvalue weighted by molar-refractivity contribution is 0.0509. The van der Waals surface area contributed by atoms with Gasteiger partial charge in [-0.2, -0.15) is 5.26 Å². The van der Waals surface area contributed by atoms with Crippen molar-refractivity contribution in [2.45, 2.75) is 45.2 Å². The lowest BCUT2D eigenvalue weighted by Crippen LogP contribution is -2.55. The van der Waals surface area contributed by atoms with Crippen molar-refractivity contribution in [1.29, 1.82) is 5.26 Å². The second-order valence-corrected chi connectivity index (χ2v) is 6.10. The fraction of sp³-hybridized carbons (Fsp3) is 0.786. The van der Waals surface area contributed by atoms with E-state index in [0.717, 1.165) is 44.6 Å². The number of nitrogens with zero attached hydrogens (tertiary/aromatic N) is 3. The fourth-order valence-corrected chi connectivity index (χ4v) is 2.81. The summed E-state index contributed by atoms with van der Waals surface area (Å²) in [5, 5.41) is 8.89. The Morgan fingerprint density at radius 2 is 1.88 bits per heavy atom. The zero-order chi connectivity index (χ0) is 12.5. The maximum Gasteiger partial charge on any atom is 0.0944 e. The number of piperazine rings is 1. The van der Waals surface area contributed by atoms with Crippen LogP contribution >= 0.6 is 0 Å². The Morgan fingerprint density at radius 3 is 2.35 bits per heavy atom. The normalized spacial score (nSPS) is 27.9. The monoisotopic (exact) mass is 233 g/mol. The van der Waals surface area contributed by atoms with Crippen LogP contribution in [0.5, 0.6) is 0 Å². The van der Waals surface area contributed by atoms with E-state index in [9.17, 15) is 0 Å². The molecule has 1 saturated heterocycles. The molecule has 0 radical (unpaired) electrons. The third kappa shape index (κ3) is 2.88. The Kier molecular flexibility index (Phi) is 3.56. The van der Waals surface area contributed by atoms with E-state index in [2.05, 4.69) is 42.7 Å². The molecule has 1 fully saturated rings. The standard InChI is InChI=1S/C14H23N3/c1-14(2,3)17-8-6-16(7-9-17)13-5-4-12(10-13)11-15/h10,13H,4-9H2,1-3H3/t13-/m1/s1. The summed E-state index contributed by atoms with van der Waals surface area (Å²) in [6.07, 6.45) is 4.28. The van der Waals surface area contributed by atoms with E-state index >= 15 is 0 Å². The topological polar surface area (TPSA) is 30.3 Å². The number of hydrogen-bond donors (Lipinski definition) is 0. The van der Waals surface area contributed by atoms with E-state index in [4.69, 9.17) is 5.26 Å². The third-order valence-corrected chi connectivity index (χ3v) is 3.98. The number of hydrogen-bond acceptors (Lipinski definition) is 3. The zero-order valence-corrected chi connectivity index (χ0v) is 11.2. The van der Waals surface area contributed by atoms with Crippen molar-refractivity contribution in [1.82, 2.24) is 9.80 Å². The molecule has 3 nitrogen and oxygen atoms in total. The van der Waals surface area contributed by atoms with E-state index in [-0.39, 0.29) is 5.54 Å². The summed E-state index contributed by atoms with van der Waals surface area (Å²) in [7, 11) is 0. The fourth-order valence-electron chi connectivity index (χ4n) is 2.81. The molecule has 0 N–H and O–H groups in total. The molecule has 0 aromatic rings. The smallest absolute Gasteiger partial charge is 0.0944 e. The molecule has 0 aromatic heterocycles. The van der Waals surface area contributed by atoms with Gasteiger partial charge in [-0.3, -0.25) is 9.80 Å². The number of nitriles is 1. The minimum Gasteiger partial charge on any atom is -0.296 e. The lowest BCUT2D eigenvalue weighted by atomic mass is 10.0. The van der Waals surface area contributed by atoms with Gasteiger partial charge in [-0.1, -0.05) is 6.08 Å². The van der Waals surface area contributed by atoms with Crippen LogP contribution in [-0.4, -0.2) is 47.6 Å². The molecule has 1 aliphatic carbocycles. The van der Waals surface area contributed by atoms with Crippen LogP contribution in [0.2, 0.25) is 0 Å². The Morgan fingerprint density at radius 1 is 1.24 bits per heavy atom. The maximum atomic E-state index is 8.89. The molecule has 2 aliphatic rings. The SMILES string of the molecule is CC(C)(C)N1CCN([C@H]2C=C(C#N)CC2)CC1.